The van der Waals surface area contributed by atoms with E-state index in [0.717, 1.165) is 25.8 Å². The molecule has 0 radical (unpaired) electrons. The first-order valence-corrected chi connectivity index (χ1v) is 6.40. The molecule has 0 spiro atoms. The molecular formula is C13H26N2O2. The Balaban J connectivity index is 2.75. The number of carbonyl (C=O) groups excluding carboxylic acids is 1. The maximum absolute atomic E-state index is 12.1. The Morgan fingerprint density at radius 3 is 2.29 bits per heavy atom. The summed E-state index contributed by atoms with van der Waals surface area (Å²) in [5.41, 5.74) is 5.33. The first-order chi connectivity index (χ1) is 7.61. The van der Waals surface area contributed by atoms with E-state index in [1.165, 1.54) is 0 Å². The highest BCUT2D eigenvalue weighted by Gasteiger charge is 2.37. The molecule has 1 amide bonds. The van der Waals surface area contributed by atoms with E-state index in [2.05, 4.69) is 0 Å². The lowest BCUT2D eigenvalue weighted by Gasteiger charge is -2.43. The van der Waals surface area contributed by atoms with Crippen LogP contribution in [0.3, 0.4) is 0 Å². The fourth-order valence-corrected chi connectivity index (χ4v) is 2.24. The second-order valence-electron chi connectivity index (χ2n) is 6.51. The smallest absolute Gasteiger partial charge is 0.410 e. The number of likely N-dealkylation sites (tertiary alicyclic amines) is 1. The molecule has 1 fully saturated rings. The highest BCUT2D eigenvalue weighted by Crippen LogP contribution is 2.26. The van der Waals surface area contributed by atoms with Crippen LogP contribution in [0.4, 0.5) is 4.79 Å². The van der Waals surface area contributed by atoms with Crippen LogP contribution in [0.15, 0.2) is 0 Å². The largest absolute Gasteiger partial charge is 0.444 e. The van der Waals surface area contributed by atoms with E-state index in [1.54, 1.807) is 4.90 Å². The molecule has 1 aliphatic rings. The van der Waals surface area contributed by atoms with Crippen molar-refractivity contribution in [3.8, 4) is 0 Å². The van der Waals surface area contributed by atoms with Crippen molar-refractivity contribution in [3.05, 3.63) is 0 Å². The van der Waals surface area contributed by atoms with Gasteiger partial charge in [-0.2, -0.15) is 0 Å². The Bertz CT molecular complexity index is 276. The van der Waals surface area contributed by atoms with E-state index in [4.69, 9.17) is 10.5 Å². The summed E-state index contributed by atoms with van der Waals surface area (Å²) in [7, 11) is 0. The van der Waals surface area contributed by atoms with Crippen molar-refractivity contribution < 1.29 is 9.53 Å². The molecule has 0 aliphatic carbocycles. The Morgan fingerprint density at radius 1 is 1.24 bits per heavy atom. The van der Waals surface area contributed by atoms with Crippen molar-refractivity contribution in [2.45, 2.75) is 71.1 Å². The summed E-state index contributed by atoms with van der Waals surface area (Å²) in [6.07, 6.45) is 2.89. The molecule has 1 heterocycles. The molecule has 2 N–H and O–H groups in total. The Hall–Kier alpha value is -0.770. The zero-order valence-corrected chi connectivity index (χ0v) is 11.7. The minimum absolute atomic E-state index is 0.0751. The standard InChI is InChI=1S/C13H26N2O2/c1-12(2,3)17-11(16)15-9-7-6-8-10(15)13(4,5)14/h10H,6-9,14H2,1-5H3. The molecule has 1 rings (SSSR count). The normalized spacial score (nSPS) is 22.5. The molecule has 0 saturated carbocycles. The minimum Gasteiger partial charge on any atom is -0.444 e. The Kier molecular flexibility index (Phi) is 4.07. The van der Waals surface area contributed by atoms with Crippen molar-refractivity contribution in [2.24, 2.45) is 5.73 Å². The molecule has 0 aromatic carbocycles. The van der Waals surface area contributed by atoms with Gasteiger partial charge in [0.15, 0.2) is 0 Å². The first-order valence-electron chi connectivity index (χ1n) is 6.40. The van der Waals surface area contributed by atoms with Gasteiger partial charge < -0.3 is 15.4 Å². The van der Waals surface area contributed by atoms with Crippen LogP contribution in [0.2, 0.25) is 0 Å². The Morgan fingerprint density at radius 2 is 1.82 bits per heavy atom. The van der Waals surface area contributed by atoms with Gasteiger partial charge in [0.25, 0.3) is 0 Å². The van der Waals surface area contributed by atoms with Crippen LogP contribution in [0, 0.1) is 0 Å². The average molecular weight is 242 g/mol. The van der Waals surface area contributed by atoms with Crippen LogP contribution in [-0.2, 0) is 4.74 Å². The fourth-order valence-electron chi connectivity index (χ4n) is 2.24. The maximum Gasteiger partial charge on any atom is 0.410 e. The topological polar surface area (TPSA) is 55.6 Å². The summed E-state index contributed by atoms with van der Waals surface area (Å²) >= 11 is 0. The highest BCUT2D eigenvalue weighted by atomic mass is 16.6. The van der Waals surface area contributed by atoms with Gasteiger partial charge in [0, 0.05) is 12.1 Å². The number of rotatable bonds is 1. The summed E-state index contributed by atoms with van der Waals surface area (Å²) in [5.74, 6) is 0. The molecule has 1 unspecified atom stereocenters. The van der Waals surface area contributed by atoms with Gasteiger partial charge in [0.1, 0.15) is 5.60 Å². The molecular weight excluding hydrogens is 216 g/mol. The lowest BCUT2D eigenvalue weighted by molar-refractivity contribution is 0.000787. The van der Waals surface area contributed by atoms with Gasteiger partial charge in [-0.25, -0.2) is 4.79 Å². The van der Waals surface area contributed by atoms with E-state index in [-0.39, 0.29) is 17.7 Å². The van der Waals surface area contributed by atoms with Crippen LogP contribution in [0.5, 0.6) is 0 Å². The summed E-state index contributed by atoms with van der Waals surface area (Å²) < 4.78 is 5.43. The molecule has 1 atom stereocenters. The monoisotopic (exact) mass is 242 g/mol. The molecule has 4 nitrogen and oxygen atoms in total. The summed E-state index contributed by atoms with van der Waals surface area (Å²) in [4.78, 5) is 13.9. The molecule has 100 valence electrons. The average Bonchev–Trinajstić information content (AvgIpc) is 2.13. The van der Waals surface area contributed by atoms with Crippen LogP contribution < -0.4 is 5.73 Å². The predicted molar refractivity (Wildman–Crippen MR) is 68.8 cm³/mol. The molecule has 4 heteroatoms. The number of hydrogen-bond donors (Lipinski definition) is 1. The van der Waals surface area contributed by atoms with Crippen molar-refractivity contribution in [1.82, 2.24) is 4.90 Å². The first kappa shape index (κ1) is 14.3. The van der Waals surface area contributed by atoms with Gasteiger partial charge in [-0.1, -0.05) is 0 Å². The Labute approximate surface area is 104 Å². The number of piperidine rings is 1. The van der Waals surface area contributed by atoms with Gasteiger partial charge in [-0.3, -0.25) is 0 Å². The van der Waals surface area contributed by atoms with E-state index < -0.39 is 5.60 Å². The van der Waals surface area contributed by atoms with Crippen LogP contribution >= 0.6 is 0 Å². The summed E-state index contributed by atoms with van der Waals surface area (Å²) in [5, 5.41) is 0. The van der Waals surface area contributed by atoms with Crippen molar-refractivity contribution in [3.63, 3.8) is 0 Å². The van der Waals surface area contributed by atoms with Crippen LogP contribution in [-0.4, -0.2) is 34.7 Å². The molecule has 1 saturated heterocycles. The zero-order valence-electron chi connectivity index (χ0n) is 11.7. The van der Waals surface area contributed by atoms with Crippen molar-refractivity contribution >= 4 is 6.09 Å². The number of carbonyl (C=O) groups is 1. The van der Waals surface area contributed by atoms with Crippen molar-refractivity contribution in [1.29, 1.82) is 0 Å². The number of amides is 1. The lowest BCUT2D eigenvalue weighted by Crippen LogP contribution is -2.59. The predicted octanol–water partition coefficient (Wildman–Crippen LogP) is 2.51. The van der Waals surface area contributed by atoms with E-state index in [9.17, 15) is 4.79 Å². The lowest BCUT2D eigenvalue weighted by atomic mass is 9.87. The molecule has 0 aromatic heterocycles. The summed E-state index contributed by atoms with van der Waals surface area (Å²) in [6, 6.07) is 0.0751. The van der Waals surface area contributed by atoms with Crippen molar-refractivity contribution in [2.75, 3.05) is 6.54 Å². The van der Waals surface area contributed by atoms with E-state index >= 15 is 0 Å². The summed E-state index contributed by atoms with van der Waals surface area (Å²) in [6.45, 7) is 10.4. The number of nitrogens with two attached hydrogens (primary N) is 1. The quantitative estimate of drug-likeness (QED) is 0.768. The SMILES string of the molecule is CC(C)(C)OC(=O)N1CCCCC1C(C)(C)N. The third-order valence-electron chi connectivity index (χ3n) is 2.99. The third kappa shape index (κ3) is 4.19. The molecule has 0 bridgehead atoms. The van der Waals surface area contributed by atoms with Gasteiger partial charge in [-0.05, 0) is 53.9 Å². The van der Waals surface area contributed by atoms with Gasteiger partial charge in [0.05, 0.1) is 6.04 Å². The van der Waals surface area contributed by atoms with Gasteiger partial charge >= 0.3 is 6.09 Å². The zero-order chi connectivity index (χ0) is 13.3. The number of nitrogens with zero attached hydrogens (tertiary/aromatic N) is 1. The maximum atomic E-state index is 12.1. The number of ether oxygens (including phenoxy) is 1. The fraction of sp³-hybridized carbons (Fsp3) is 0.923. The second-order valence-corrected chi connectivity index (χ2v) is 6.51. The highest BCUT2D eigenvalue weighted by molar-refractivity contribution is 5.69. The van der Waals surface area contributed by atoms with Gasteiger partial charge in [0.2, 0.25) is 0 Å². The van der Waals surface area contributed by atoms with E-state index in [1.807, 2.05) is 34.6 Å². The molecule has 17 heavy (non-hydrogen) atoms. The second kappa shape index (κ2) is 4.84. The molecule has 1 aliphatic heterocycles. The van der Waals surface area contributed by atoms with Crippen LogP contribution in [0.25, 0.3) is 0 Å². The van der Waals surface area contributed by atoms with Crippen LogP contribution in [0.1, 0.15) is 53.9 Å². The number of hydrogen-bond acceptors (Lipinski definition) is 3. The third-order valence-corrected chi connectivity index (χ3v) is 2.99. The van der Waals surface area contributed by atoms with Gasteiger partial charge in [-0.15, -0.1) is 0 Å². The minimum atomic E-state index is -0.447. The molecule has 0 aromatic rings. The van der Waals surface area contributed by atoms with E-state index in [0.29, 0.717) is 0 Å².